The Balaban J connectivity index is 0. The number of hydrogen-bond acceptors (Lipinski definition) is 2. The maximum absolute atomic E-state index is 6.36. The van der Waals surface area contributed by atoms with E-state index in [9.17, 15) is 0 Å². The summed E-state index contributed by atoms with van der Waals surface area (Å²) in [6.45, 7) is 16.1. The molecule has 1 atom stereocenters. The molecule has 0 aliphatic heterocycles. The summed E-state index contributed by atoms with van der Waals surface area (Å²) in [5, 5.41) is 0. The monoisotopic (exact) mass is 433 g/mol. The largest absolute Gasteiger partial charge is 3.00 e. The topological polar surface area (TPSA) is 18.5 Å². The van der Waals surface area contributed by atoms with Gasteiger partial charge in [-0.25, -0.2) is 6.08 Å². The van der Waals surface area contributed by atoms with Gasteiger partial charge >= 0.3 is 21.7 Å². The molecule has 0 aromatic carbocycles. The van der Waals surface area contributed by atoms with E-state index in [-0.39, 0.29) is 57.4 Å². The van der Waals surface area contributed by atoms with Crippen LogP contribution in [0.25, 0.3) is 0 Å². The molecule has 2 aliphatic carbocycles. The van der Waals surface area contributed by atoms with Crippen LogP contribution in [0.4, 0.5) is 0 Å². The Morgan fingerprint density at radius 3 is 2.12 bits per heavy atom. The zero-order valence-corrected chi connectivity index (χ0v) is 20.1. The fourth-order valence-electron chi connectivity index (χ4n) is 3.12. The standard InChI is InChI=1S/C21H31O2.2ClH.Ti/c1-8-22-21(23-17-11-9-10-12-17)14-13-16(19(2,3)4)15-18(21)20(5,6)7;;;/h9,11,13,15H,8,10,14H2,1-7H3;2*1H;/q-1;;;+3/p-2. The normalized spacial score (nSPS) is 22.2. The van der Waals surface area contributed by atoms with E-state index in [4.69, 9.17) is 9.47 Å². The van der Waals surface area contributed by atoms with Crippen molar-refractivity contribution < 1.29 is 56.0 Å². The molecule has 2 nitrogen and oxygen atoms in total. The van der Waals surface area contributed by atoms with Gasteiger partial charge in [0.25, 0.3) is 0 Å². The van der Waals surface area contributed by atoms with Gasteiger partial charge in [0.15, 0.2) is 0 Å². The van der Waals surface area contributed by atoms with Crippen molar-refractivity contribution in [3.05, 3.63) is 47.3 Å². The van der Waals surface area contributed by atoms with E-state index in [1.165, 1.54) is 11.1 Å². The van der Waals surface area contributed by atoms with Crippen LogP contribution in [0.5, 0.6) is 0 Å². The minimum Gasteiger partial charge on any atom is -1.00 e. The van der Waals surface area contributed by atoms with Gasteiger partial charge in [0.1, 0.15) is 0 Å². The molecule has 2 rings (SSSR count). The van der Waals surface area contributed by atoms with Crippen LogP contribution in [0.15, 0.2) is 41.2 Å². The minimum absolute atomic E-state index is 0. The summed E-state index contributed by atoms with van der Waals surface area (Å²) < 4.78 is 12.6. The molecule has 0 fully saturated rings. The quantitative estimate of drug-likeness (QED) is 0.345. The number of ether oxygens (including phenoxy) is 2. The van der Waals surface area contributed by atoms with Crippen LogP contribution >= 0.6 is 0 Å². The first-order chi connectivity index (χ1) is 10.6. The Hall–Kier alpha value is 0.0143. The maximum atomic E-state index is 6.36. The van der Waals surface area contributed by atoms with Crippen molar-refractivity contribution >= 4 is 0 Å². The number of halogens is 2. The Morgan fingerprint density at radius 1 is 1.08 bits per heavy atom. The fraction of sp³-hybridized carbons (Fsp3) is 0.619. The first-order valence-electron chi connectivity index (χ1n) is 8.62. The Bertz CT molecular complexity index is 578. The van der Waals surface area contributed by atoms with E-state index in [0.717, 1.165) is 18.6 Å². The fourth-order valence-corrected chi connectivity index (χ4v) is 3.12. The molecule has 26 heavy (non-hydrogen) atoms. The van der Waals surface area contributed by atoms with Gasteiger partial charge in [-0.1, -0.05) is 53.7 Å². The van der Waals surface area contributed by atoms with Crippen LogP contribution in [-0.4, -0.2) is 12.4 Å². The second-order valence-corrected chi connectivity index (χ2v) is 8.36. The summed E-state index contributed by atoms with van der Waals surface area (Å²) in [4.78, 5) is 0. The average Bonchev–Trinajstić information content (AvgIpc) is 2.89. The van der Waals surface area contributed by atoms with Crippen LogP contribution in [-0.2, 0) is 31.2 Å². The second-order valence-electron chi connectivity index (χ2n) is 8.36. The summed E-state index contributed by atoms with van der Waals surface area (Å²) in [5.74, 6) is 0.0693. The number of rotatable bonds is 4. The molecule has 0 aromatic heterocycles. The third-order valence-corrected chi connectivity index (χ3v) is 4.29. The van der Waals surface area contributed by atoms with E-state index in [0.29, 0.717) is 6.61 Å². The van der Waals surface area contributed by atoms with E-state index in [1.807, 2.05) is 13.0 Å². The zero-order chi connectivity index (χ0) is 17.3. The molecule has 0 heterocycles. The van der Waals surface area contributed by atoms with Gasteiger partial charge < -0.3 is 34.3 Å². The van der Waals surface area contributed by atoms with E-state index in [1.54, 1.807) is 0 Å². The SMILES string of the molecule is CCOC1(OC2=[C-]CC=C2)CC=C(C(C)(C)C)C=C1C(C)(C)C.[Cl-].[Cl-].[Ti+3]. The predicted molar refractivity (Wildman–Crippen MR) is 95.6 cm³/mol. The molecule has 145 valence electrons. The van der Waals surface area contributed by atoms with Gasteiger partial charge in [0, 0.05) is 18.6 Å². The van der Waals surface area contributed by atoms with Crippen molar-refractivity contribution in [1.82, 2.24) is 0 Å². The van der Waals surface area contributed by atoms with Gasteiger partial charge in [-0.05, 0) is 29.1 Å². The molecule has 1 unspecified atom stereocenters. The van der Waals surface area contributed by atoms with Crippen LogP contribution < -0.4 is 24.8 Å². The summed E-state index contributed by atoms with van der Waals surface area (Å²) in [5.41, 5.74) is 2.63. The molecule has 0 amide bonds. The van der Waals surface area contributed by atoms with Crippen molar-refractivity contribution in [2.45, 2.75) is 67.1 Å². The van der Waals surface area contributed by atoms with Gasteiger partial charge in [0.2, 0.25) is 5.79 Å². The van der Waals surface area contributed by atoms with Crippen LogP contribution in [0.2, 0.25) is 0 Å². The van der Waals surface area contributed by atoms with Crippen LogP contribution in [0, 0.1) is 16.9 Å². The van der Waals surface area contributed by atoms with E-state index in [2.05, 4.69) is 65.8 Å². The van der Waals surface area contributed by atoms with Gasteiger partial charge in [-0.15, -0.1) is 6.42 Å². The molecule has 1 radical (unpaired) electrons. The zero-order valence-electron chi connectivity index (χ0n) is 17.0. The molecule has 0 saturated heterocycles. The summed E-state index contributed by atoms with van der Waals surface area (Å²) in [7, 11) is 0. The van der Waals surface area contributed by atoms with Gasteiger partial charge in [-0.2, -0.15) is 12.2 Å². The van der Waals surface area contributed by atoms with Crippen molar-refractivity contribution in [3.63, 3.8) is 0 Å². The first kappa shape index (κ1) is 28.2. The van der Waals surface area contributed by atoms with Crippen LogP contribution in [0.1, 0.15) is 61.3 Å². The Morgan fingerprint density at radius 2 is 1.69 bits per heavy atom. The first-order valence-corrected chi connectivity index (χ1v) is 8.62. The summed E-state index contributed by atoms with van der Waals surface area (Å²) in [6, 6.07) is 0. The molecule has 0 spiro atoms. The average molecular weight is 434 g/mol. The van der Waals surface area contributed by atoms with Gasteiger partial charge in [-0.3, -0.25) is 0 Å². The molecular formula is C21H31Cl2O2Ti. The van der Waals surface area contributed by atoms with Crippen molar-refractivity contribution in [1.29, 1.82) is 0 Å². The van der Waals surface area contributed by atoms with Crippen molar-refractivity contribution in [2.75, 3.05) is 6.61 Å². The number of hydrogen-bond donors (Lipinski definition) is 0. The maximum Gasteiger partial charge on any atom is 3.00 e. The summed E-state index contributed by atoms with van der Waals surface area (Å²) in [6.07, 6.45) is 13.4. The van der Waals surface area contributed by atoms with E-state index < -0.39 is 5.79 Å². The molecule has 0 aromatic rings. The molecule has 0 saturated carbocycles. The molecule has 0 bridgehead atoms. The van der Waals surface area contributed by atoms with Gasteiger partial charge in [0.05, 0.1) is 0 Å². The van der Waals surface area contributed by atoms with Crippen molar-refractivity contribution in [3.8, 4) is 0 Å². The van der Waals surface area contributed by atoms with Crippen molar-refractivity contribution in [2.24, 2.45) is 10.8 Å². The smallest absolute Gasteiger partial charge is 1.00 e. The number of allylic oxidation sites excluding steroid dienone is 5. The summed E-state index contributed by atoms with van der Waals surface area (Å²) >= 11 is 0. The Kier molecular flexibility index (Phi) is 11.4. The third-order valence-electron chi connectivity index (χ3n) is 4.29. The molecule has 2 aliphatic rings. The second kappa shape index (κ2) is 10.5. The molecule has 5 heteroatoms. The van der Waals surface area contributed by atoms with Crippen LogP contribution in [0.3, 0.4) is 0 Å². The third kappa shape index (κ3) is 6.57. The van der Waals surface area contributed by atoms with E-state index >= 15 is 0 Å². The predicted octanol–water partition coefficient (Wildman–Crippen LogP) is -0.263. The Labute approximate surface area is 187 Å². The molecular weight excluding hydrogens is 403 g/mol. The molecule has 0 N–H and O–H groups in total. The minimum atomic E-state index is -0.723.